The molecule has 0 radical (unpaired) electrons. The van der Waals surface area contributed by atoms with E-state index in [-0.39, 0.29) is 36.6 Å². The van der Waals surface area contributed by atoms with Crippen molar-refractivity contribution in [2.24, 2.45) is 0 Å². The predicted octanol–water partition coefficient (Wildman–Crippen LogP) is -1.10. The Bertz CT molecular complexity index is 285. The first-order valence-electron chi connectivity index (χ1n) is 3.19. The van der Waals surface area contributed by atoms with Crippen LogP contribution in [0.1, 0.15) is 6.99 Å². The van der Waals surface area contributed by atoms with Gasteiger partial charge in [-0.2, -0.15) is 0 Å². The fourth-order valence-electron chi connectivity index (χ4n) is 0.763. The third kappa shape index (κ3) is 2.81. The largest absolute Gasteiger partial charge is 1.00 e. The zero-order valence-corrected chi connectivity index (χ0v) is 8.95. The summed E-state index contributed by atoms with van der Waals surface area (Å²) in [6.45, 7) is 3.42. The summed E-state index contributed by atoms with van der Waals surface area (Å²) >= 11 is 0. The van der Waals surface area contributed by atoms with Crippen LogP contribution in [0.25, 0.3) is 5.57 Å². The van der Waals surface area contributed by atoms with Crippen LogP contribution in [-0.4, -0.2) is 11.1 Å². The van der Waals surface area contributed by atoms with Crippen LogP contribution in [0.2, 0.25) is 0 Å². The van der Waals surface area contributed by atoms with Crippen LogP contribution < -0.4 is 29.6 Å². The first-order chi connectivity index (χ1) is 5.22. The monoisotopic (exact) mass is 172 g/mol. The second kappa shape index (κ2) is 5.14. The number of hydrogen-bond acceptors (Lipinski definition) is 1. The van der Waals surface area contributed by atoms with E-state index in [1.165, 1.54) is 0 Å². The van der Waals surface area contributed by atoms with Crippen molar-refractivity contribution in [3.05, 3.63) is 42.5 Å². The molecule has 0 aliphatic rings. The number of rotatable bonds is 2. The van der Waals surface area contributed by atoms with E-state index in [9.17, 15) is 4.79 Å². The zero-order chi connectivity index (χ0) is 8.27. The SMILES string of the molecule is C=C(C(=O)O)c1ccccc1.[H-].[Na+]. The van der Waals surface area contributed by atoms with Crippen LogP contribution in [0.4, 0.5) is 0 Å². The van der Waals surface area contributed by atoms with E-state index in [4.69, 9.17) is 5.11 Å². The van der Waals surface area contributed by atoms with E-state index < -0.39 is 5.97 Å². The van der Waals surface area contributed by atoms with E-state index >= 15 is 0 Å². The Morgan fingerprint density at radius 3 is 2.25 bits per heavy atom. The first kappa shape index (κ1) is 11.4. The average Bonchev–Trinajstić information content (AvgIpc) is 2.05. The summed E-state index contributed by atoms with van der Waals surface area (Å²) in [6, 6.07) is 8.83. The van der Waals surface area contributed by atoms with E-state index in [1.54, 1.807) is 24.3 Å². The summed E-state index contributed by atoms with van der Waals surface area (Å²) in [7, 11) is 0. The van der Waals surface area contributed by atoms with Crippen molar-refractivity contribution in [1.82, 2.24) is 0 Å². The van der Waals surface area contributed by atoms with Crippen LogP contribution in [0.15, 0.2) is 36.9 Å². The van der Waals surface area contributed by atoms with Gasteiger partial charge in [-0.25, -0.2) is 4.79 Å². The molecule has 1 N–H and O–H groups in total. The average molecular weight is 172 g/mol. The Hall–Kier alpha value is -0.570. The van der Waals surface area contributed by atoms with Gasteiger partial charge in [-0.3, -0.25) is 0 Å². The number of aliphatic carboxylic acids is 1. The van der Waals surface area contributed by atoms with Gasteiger partial charge in [-0.05, 0) is 5.56 Å². The molecule has 2 nitrogen and oxygen atoms in total. The molecule has 1 aromatic rings. The summed E-state index contributed by atoms with van der Waals surface area (Å²) in [5.41, 5.74) is 0.783. The van der Waals surface area contributed by atoms with Crippen LogP contribution in [0, 0.1) is 0 Å². The van der Waals surface area contributed by atoms with Crippen molar-refractivity contribution >= 4 is 11.5 Å². The molecular formula is C9H9NaO2. The summed E-state index contributed by atoms with van der Waals surface area (Å²) in [5.74, 6) is -0.976. The van der Waals surface area contributed by atoms with E-state index in [0.29, 0.717) is 5.56 Å². The second-order valence-corrected chi connectivity index (χ2v) is 2.15. The summed E-state index contributed by atoms with van der Waals surface area (Å²) in [5, 5.41) is 8.54. The summed E-state index contributed by atoms with van der Waals surface area (Å²) < 4.78 is 0. The van der Waals surface area contributed by atoms with Crippen molar-refractivity contribution in [1.29, 1.82) is 0 Å². The zero-order valence-electron chi connectivity index (χ0n) is 7.95. The van der Waals surface area contributed by atoms with Gasteiger partial charge in [-0.1, -0.05) is 36.9 Å². The van der Waals surface area contributed by atoms with Gasteiger partial charge in [0.25, 0.3) is 0 Å². The minimum Gasteiger partial charge on any atom is -1.00 e. The maximum absolute atomic E-state index is 10.4. The Balaban J connectivity index is 0. The van der Waals surface area contributed by atoms with Crippen LogP contribution in [0.5, 0.6) is 0 Å². The van der Waals surface area contributed by atoms with Gasteiger partial charge in [0.15, 0.2) is 0 Å². The third-order valence-corrected chi connectivity index (χ3v) is 1.38. The molecule has 0 amide bonds. The molecule has 1 aromatic carbocycles. The molecule has 0 spiro atoms. The summed E-state index contributed by atoms with van der Waals surface area (Å²) in [6.07, 6.45) is 0. The minimum atomic E-state index is -0.976. The van der Waals surface area contributed by atoms with Crippen LogP contribution >= 0.6 is 0 Å². The van der Waals surface area contributed by atoms with Crippen molar-refractivity contribution in [2.75, 3.05) is 0 Å². The van der Waals surface area contributed by atoms with Gasteiger partial charge >= 0.3 is 35.5 Å². The molecule has 0 unspecified atom stereocenters. The molecule has 0 atom stereocenters. The molecule has 0 fully saturated rings. The second-order valence-electron chi connectivity index (χ2n) is 2.15. The minimum absolute atomic E-state index is 0. The molecule has 0 saturated carbocycles. The molecule has 1 rings (SSSR count). The molecule has 0 aliphatic carbocycles. The molecule has 12 heavy (non-hydrogen) atoms. The standard InChI is InChI=1S/C9H8O2.Na.H/c1-7(9(10)11)8-5-3-2-4-6-8;;/h2-6H,1H2,(H,10,11);;/q;+1;-1. The fraction of sp³-hybridized carbons (Fsp3) is 0. The van der Waals surface area contributed by atoms with Gasteiger partial charge in [-0.15, -0.1) is 0 Å². The fourth-order valence-corrected chi connectivity index (χ4v) is 0.763. The molecule has 58 valence electrons. The Kier molecular flexibility index (Phi) is 4.90. The van der Waals surface area contributed by atoms with Crippen LogP contribution in [0.3, 0.4) is 0 Å². The van der Waals surface area contributed by atoms with Crippen LogP contribution in [-0.2, 0) is 4.79 Å². The van der Waals surface area contributed by atoms with Gasteiger partial charge in [0, 0.05) is 0 Å². The van der Waals surface area contributed by atoms with Crippen molar-refractivity contribution in [3.63, 3.8) is 0 Å². The predicted molar refractivity (Wildman–Crippen MR) is 44.2 cm³/mol. The Labute approximate surface area is 94.7 Å². The number of hydrogen-bond donors (Lipinski definition) is 1. The normalized spacial score (nSPS) is 8.33. The van der Waals surface area contributed by atoms with Crippen molar-refractivity contribution in [3.8, 4) is 0 Å². The smallest absolute Gasteiger partial charge is 1.00 e. The van der Waals surface area contributed by atoms with E-state index in [2.05, 4.69) is 6.58 Å². The molecule has 0 heterocycles. The van der Waals surface area contributed by atoms with E-state index in [1.807, 2.05) is 6.07 Å². The van der Waals surface area contributed by atoms with Crippen molar-refractivity contribution in [2.45, 2.75) is 0 Å². The quantitative estimate of drug-likeness (QED) is 0.454. The molecule has 0 aromatic heterocycles. The number of carbonyl (C=O) groups is 1. The maximum Gasteiger partial charge on any atom is 1.00 e. The molecular weight excluding hydrogens is 163 g/mol. The van der Waals surface area contributed by atoms with E-state index in [0.717, 1.165) is 0 Å². The first-order valence-corrected chi connectivity index (χ1v) is 3.19. The number of carboxylic acid groups (broad SMARTS) is 1. The van der Waals surface area contributed by atoms with Crippen molar-refractivity contribution < 1.29 is 40.9 Å². The third-order valence-electron chi connectivity index (χ3n) is 1.38. The number of carboxylic acids is 1. The van der Waals surface area contributed by atoms with Gasteiger partial charge in [0.1, 0.15) is 0 Å². The number of benzene rings is 1. The Morgan fingerprint density at radius 2 is 1.83 bits per heavy atom. The molecule has 3 heteroatoms. The maximum atomic E-state index is 10.4. The van der Waals surface area contributed by atoms with Gasteiger partial charge in [0.2, 0.25) is 0 Å². The Morgan fingerprint density at radius 1 is 1.33 bits per heavy atom. The topological polar surface area (TPSA) is 37.3 Å². The summed E-state index contributed by atoms with van der Waals surface area (Å²) in [4.78, 5) is 10.4. The molecule has 0 saturated heterocycles. The van der Waals surface area contributed by atoms with Gasteiger partial charge < -0.3 is 6.53 Å². The molecule has 0 aliphatic heterocycles. The molecule has 0 bridgehead atoms. The van der Waals surface area contributed by atoms with Gasteiger partial charge in [0.05, 0.1) is 5.57 Å².